The first-order valence-electron chi connectivity index (χ1n) is 10.1. The summed E-state index contributed by atoms with van der Waals surface area (Å²) in [6, 6.07) is 26.3. The fourth-order valence-corrected chi connectivity index (χ4v) is 4.43. The van der Waals surface area contributed by atoms with Crippen LogP contribution >= 0.6 is 11.8 Å². The Balaban J connectivity index is 1.44. The second-order valence-electron chi connectivity index (χ2n) is 7.30. The van der Waals surface area contributed by atoms with Crippen LogP contribution in [0.15, 0.2) is 102 Å². The summed E-state index contributed by atoms with van der Waals surface area (Å²) in [4.78, 5) is 21.5. The summed E-state index contributed by atoms with van der Waals surface area (Å²) in [5, 5.41) is 9.36. The van der Waals surface area contributed by atoms with Gasteiger partial charge < -0.3 is 0 Å². The standard InChI is InChI=1S/C25H20N4OS/c30-24(17-31-25-26-13-6-14-27-25)29-23(19-8-2-1-3-9-19)16-22(28-29)21-12-11-18-7-4-5-10-20(18)15-21/h1-15,23H,16-17H2/t23-/m0/s1. The van der Waals surface area contributed by atoms with E-state index in [0.29, 0.717) is 11.6 Å². The Morgan fingerprint density at radius 2 is 1.65 bits per heavy atom. The summed E-state index contributed by atoms with van der Waals surface area (Å²) in [7, 11) is 0. The average molecular weight is 425 g/mol. The van der Waals surface area contributed by atoms with Crippen LogP contribution in [0.4, 0.5) is 0 Å². The lowest BCUT2D eigenvalue weighted by molar-refractivity contribution is -0.130. The van der Waals surface area contributed by atoms with E-state index in [2.05, 4.69) is 52.4 Å². The minimum atomic E-state index is -0.118. The SMILES string of the molecule is O=C(CSc1ncccn1)N1N=C(c2ccc3ccccc3c2)C[C@H]1c1ccccc1. The molecule has 0 aliphatic carbocycles. The Morgan fingerprint density at radius 3 is 2.45 bits per heavy atom. The van der Waals surface area contributed by atoms with Gasteiger partial charge >= 0.3 is 0 Å². The van der Waals surface area contributed by atoms with Crippen molar-refractivity contribution in [3.05, 3.63) is 102 Å². The molecular formula is C25H20N4OS. The van der Waals surface area contributed by atoms with Crippen LogP contribution in [-0.2, 0) is 4.79 Å². The van der Waals surface area contributed by atoms with Gasteiger partial charge in [-0.15, -0.1) is 0 Å². The monoisotopic (exact) mass is 424 g/mol. The van der Waals surface area contributed by atoms with Crippen LogP contribution in [0.3, 0.4) is 0 Å². The first kappa shape index (κ1) is 19.5. The van der Waals surface area contributed by atoms with E-state index in [1.165, 1.54) is 22.5 Å². The second kappa shape index (κ2) is 8.70. The van der Waals surface area contributed by atoms with Crippen LogP contribution in [0.1, 0.15) is 23.6 Å². The number of carbonyl (C=O) groups excluding carboxylic acids is 1. The number of hydrazone groups is 1. The number of aromatic nitrogens is 2. The van der Waals surface area contributed by atoms with Gasteiger partial charge in [-0.3, -0.25) is 4.79 Å². The first-order valence-corrected chi connectivity index (χ1v) is 11.1. The number of nitrogens with zero attached hydrogens (tertiary/aromatic N) is 4. The molecule has 0 N–H and O–H groups in total. The third-order valence-electron chi connectivity index (χ3n) is 5.30. The zero-order valence-electron chi connectivity index (χ0n) is 16.8. The molecule has 1 amide bonds. The summed E-state index contributed by atoms with van der Waals surface area (Å²) >= 11 is 1.33. The molecule has 0 saturated carbocycles. The molecule has 31 heavy (non-hydrogen) atoms. The van der Waals surface area contributed by atoms with Gasteiger partial charge in [0.1, 0.15) is 0 Å². The zero-order valence-corrected chi connectivity index (χ0v) is 17.6. The highest BCUT2D eigenvalue weighted by Gasteiger charge is 2.33. The highest BCUT2D eigenvalue weighted by atomic mass is 32.2. The predicted octanol–water partition coefficient (Wildman–Crippen LogP) is 5.10. The van der Waals surface area contributed by atoms with Gasteiger partial charge in [-0.2, -0.15) is 5.10 Å². The maximum Gasteiger partial charge on any atom is 0.253 e. The maximum atomic E-state index is 13.1. The molecule has 0 spiro atoms. The van der Waals surface area contributed by atoms with E-state index in [1.807, 2.05) is 30.3 Å². The van der Waals surface area contributed by atoms with Crippen molar-refractivity contribution in [2.45, 2.75) is 17.6 Å². The normalized spacial score (nSPS) is 15.8. The van der Waals surface area contributed by atoms with Gasteiger partial charge in [-0.25, -0.2) is 15.0 Å². The van der Waals surface area contributed by atoms with Crippen LogP contribution < -0.4 is 0 Å². The minimum Gasteiger partial charge on any atom is -0.272 e. The van der Waals surface area contributed by atoms with Crippen LogP contribution in [0.2, 0.25) is 0 Å². The van der Waals surface area contributed by atoms with Gasteiger partial charge in [0.25, 0.3) is 5.91 Å². The molecule has 0 fully saturated rings. The molecule has 6 heteroatoms. The van der Waals surface area contributed by atoms with Crippen molar-refractivity contribution in [3.63, 3.8) is 0 Å². The number of hydrogen-bond acceptors (Lipinski definition) is 5. The third-order valence-corrected chi connectivity index (χ3v) is 6.16. The van der Waals surface area contributed by atoms with Crippen LogP contribution in [-0.4, -0.2) is 32.3 Å². The lowest BCUT2D eigenvalue weighted by Crippen LogP contribution is -2.28. The Hall–Kier alpha value is -3.51. The van der Waals surface area contributed by atoms with Crippen LogP contribution in [0.25, 0.3) is 10.8 Å². The topological polar surface area (TPSA) is 58.5 Å². The van der Waals surface area contributed by atoms with E-state index in [4.69, 9.17) is 5.10 Å². The highest BCUT2D eigenvalue weighted by molar-refractivity contribution is 7.99. The van der Waals surface area contributed by atoms with Crippen molar-refractivity contribution in [1.82, 2.24) is 15.0 Å². The van der Waals surface area contributed by atoms with E-state index in [0.717, 1.165) is 16.8 Å². The fourth-order valence-electron chi connectivity index (χ4n) is 3.77. The molecule has 1 aliphatic rings. The van der Waals surface area contributed by atoms with Gasteiger partial charge in [0, 0.05) is 18.8 Å². The summed E-state index contributed by atoms with van der Waals surface area (Å²) in [6.07, 6.45) is 4.04. The molecule has 1 atom stereocenters. The Labute approximate surface area is 184 Å². The summed E-state index contributed by atoms with van der Waals surface area (Å²) in [5.41, 5.74) is 3.05. The van der Waals surface area contributed by atoms with Crippen LogP contribution in [0, 0.1) is 0 Å². The average Bonchev–Trinajstić information content (AvgIpc) is 3.29. The number of carbonyl (C=O) groups is 1. The first-order chi connectivity index (χ1) is 15.3. The molecule has 4 aromatic rings. The number of benzene rings is 3. The number of hydrogen-bond donors (Lipinski definition) is 0. The number of amides is 1. The largest absolute Gasteiger partial charge is 0.272 e. The Morgan fingerprint density at radius 1 is 0.903 bits per heavy atom. The van der Waals surface area contributed by atoms with E-state index < -0.39 is 0 Å². The predicted molar refractivity (Wildman–Crippen MR) is 124 cm³/mol. The molecule has 3 aromatic carbocycles. The van der Waals surface area contributed by atoms with Crippen molar-refractivity contribution in [3.8, 4) is 0 Å². The molecule has 5 nitrogen and oxygen atoms in total. The van der Waals surface area contributed by atoms with Crippen molar-refractivity contribution in [2.75, 3.05) is 5.75 Å². The van der Waals surface area contributed by atoms with E-state index in [1.54, 1.807) is 23.5 Å². The molecule has 0 unspecified atom stereocenters. The second-order valence-corrected chi connectivity index (χ2v) is 8.24. The van der Waals surface area contributed by atoms with Crippen LogP contribution in [0.5, 0.6) is 0 Å². The number of fused-ring (bicyclic) bond motifs is 1. The lowest BCUT2D eigenvalue weighted by Gasteiger charge is -2.21. The van der Waals surface area contributed by atoms with Crippen molar-refractivity contribution < 1.29 is 4.79 Å². The highest BCUT2D eigenvalue weighted by Crippen LogP contribution is 2.34. The Bertz CT molecular complexity index is 1240. The number of thioether (sulfide) groups is 1. The quantitative estimate of drug-likeness (QED) is 0.330. The molecule has 0 bridgehead atoms. The van der Waals surface area contributed by atoms with E-state index in [-0.39, 0.29) is 17.7 Å². The molecular weight excluding hydrogens is 404 g/mol. The van der Waals surface area contributed by atoms with E-state index in [9.17, 15) is 4.79 Å². The molecule has 0 radical (unpaired) electrons. The van der Waals surface area contributed by atoms with Gasteiger partial charge in [-0.1, -0.05) is 78.5 Å². The molecule has 0 saturated heterocycles. The van der Waals surface area contributed by atoms with Gasteiger partial charge in [0.15, 0.2) is 5.16 Å². The van der Waals surface area contributed by atoms with Gasteiger partial charge in [0.05, 0.1) is 17.5 Å². The fraction of sp³-hybridized carbons (Fsp3) is 0.120. The molecule has 1 aliphatic heterocycles. The van der Waals surface area contributed by atoms with E-state index >= 15 is 0 Å². The van der Waals surface area contributed by atoms with Crippen molar-refractivity contribution in [2.24, 2.45) is 5.10 Å². The number of rotatable bonds is 5. The third kappa shape index (κ3) is 4.20. The molecule has 2 heterocycles. The molecule has 1 aromatic heterocycles. The maximum absolute atomic E-state index is 13.1. The lowest BCUT2D eigenvalue weighted by atomic mass is 9.97. The molecule has 152 valence electrons. The smallest absolute Gasteiger partial charge is 0.253 e. The summed E-state index contributed by atoms with van der Waals surface area (Å²) < 4.78 is 0. The van der Waals surface area contributed by atoms with Gasteiger partial charge in [-0.05, 0) is 34.0 Å². The summed E-state index contributed by atoms with van der Waals surface area (Å²) in [5.74, 6) is 0.184. The Kier molecular flexibility index (Phi) is 5.46. The molecule has 5 rings (SSSR count). The van der Waals surface area contributed by atoms with Gasteiger partial charge in [0.2, 0.25) is 0 Å². The summed E-state index contributed by atoms with van der Waals surface area (Å²) in [6.45, 7) is 0. The zero-order chi connectivity index (χ0) is 21.0. The van der Waals surface area contributed by atoms with Crippen molar-refractivity contribution in [1.29, 1.82) is 0 Å². The minimum absolute atomic E-state index is 0.0536. The van der Waals surface area contributed by atoms with Crippen molar-refractivity contribution >= 4 is 34.2 Å².